The molecular weight excluding hydrogens is 314 g/mol. The highest BCUT2D eigenvalue weighted by Gasteiger charge is 2.26. The Balaban J connectivity index is 1.88. The highest BCUT2D eigenvalue weighted by atomic mass is 32.1. The van der Waals surface area contributed by atoms with Gasteiger partial charge in [0.15, 0.2) is 11.6 Å². The van der Waals surface area contributed by atoms with Crippen LogP contribution < -0.4 is 16.0 Å². The van der Waals surface area contributed by atoms with Crippen molar-refractivity contribution >= 4 is 39.7 Å². The van der Waals surface area contributed by atoms with Crippen molar-refractivity contribution in [1.29, 1.82) is 0 Å². The Morgan fingerprint density at radius 1 is 1.30 bits per heavy atom. The molecule has 0 bridgehead atoms. The Labute approximate surface area is 138 Å². The molecule has 0 aromatic carbocycles. The molecule has 0 saturated heterocycles. The third-order valence-electron chi connectivity index (χ3n) is 3.29. The number of aryl methyl sites for hydroxylation is 1. The van der Waals surface area contributed by atoms with Gasteiger partial charge in [-0.05, 0) is 19.8 Å². The molecule has 2 aromatic rings. The van der Waals surface area contributed by atoms with E-state index in [1.54, 1.807) is 13.8 Å². The van der Waals surface area contributed by atoms with Crippen LogP contribution in [0.2, 0.25) is 0 Å². The van der Waals surface area contributed by atoms with E-state index in [2.05, 4.69) is 50.0 Å². The van der Waals surface area contributed by atoms with E-state index in [0.29, 0.717) is 34.2 Å². The van der Waals surface area contributed by atoms with Crippen LogP contribution in [0.25, 0.3) is 0 Å². The molecule has 1 unspecified atom stereocenters. The van der Waals surface area contributed by atoms with E-state index >= 15 is 0 Å². The van der Waals surface area contributed by atoms with Gasteiger partial charge in [0.25, 0.3) is 0 Å². The van der Waals surface area contributed by atoms with Crippen molar-refractivity contribution in [3.05, 3.63) is 10.8 Å². The molecule has 3 rings (SSSR count). The smallest absolute Gasteiger partial charge is 0.246 e. The summed E-state index contributed by atoms with van der Waals surface area (Å²) in [6, 6.07) is -0.330. The second-order valence-corrected chi connectivity index (χ2v) is 6.98. The SMILES string of the molecule is Cc1nc(Nc2nnc(CC(C)C)s2)c2c(n1)NC(C)C(=O)N2. The van der Waals surface area contributed by atoms with Gasteiger partial charge in [0.1, 0.15) is 22.6 Å². The summed E-state index contributed by atoms with van der Waals surface area (Å²) < 4.78 is 0. The number of hydrogen-bond acceptors (Lipinski definition) is 8. The van der Waals surface area contributed by atoms with Gasteiger partial charge in [-0.1, -0.05) is 25.2 Å². The van der Waals surface area contributed by atoms with Crippen LogP contribution in [-0.2, 0) is 11.2 Å². The summed E-state index contributed by atoms with van der Waals surface area (Å²) in [7, 11) is 0. The second kappa shape index (κ2) is 6.07. The highest BCUT2D eigenvalue weighted by Crippen LogP contribution is 2.33. The van der Waals surface area contributed by atoms with E-state index in [0.717, 1.165) is 11.4 Å². The number of aromatic nitrogens is 4. The molecule has 1 aliphatic rings. The molecule has 1 amide bonds. The first-order valence-corrected chi connectivity index (χ1v) is 8.29. The zero-order chi connectivity index (χ0) is 16.6. The Bertz CT molecular complexity index is 743. The molecule has 0 saturated carbocycles. The quantitative estimate of drug-likeness (QED) is 0.788. The number of amides is 1. The zero-order valence-corrected chi connectivity index (χ0v) is 14.3. The summed E-state index contributed by atoms with van der Waals surface area (Å²) in [5.74, 6) is 2.14. The van der Waals surface area contributed by atoms with E-state index in [1.165, 1.54) is 11.3 Å². The zero-order valence-electron chi connectivity index (χ0n) is 13.5. The largest absolute Gasteiger partial charge is 0.357 e. The lowest BCUT2D eigenvalue weighted by molar-refractivity contribution is -0.116. The fourth-order valence-electron chi connectivity index (χ4n) is 2.23. The molecule has 2 aromatic heterocycles. The number of carbonyl (C=O) groups is 1. The van der Waals surface area contributed by atoms with Crippen molar-refractivity contribution in [1.82, 2.24) is 20.2 Å². The minimum absolute atomic E-state index is 0.120. The molecule has 3 N–H and O–H groups in total. The van der Waals surface area contributed by atoms with Crippen LogP contribution in [0.5, 0.6) is 0 Å². The number of nitrogens with zero attached hydrogens (tertiary/aromatic N) is 4. The summed E-state index contributed by atoms with van der Waals surface area (Å²) in [6.07, 6.45) is 0.885. The lowest BCUT2D eigenvalue weighted by Crippen LogP contribution is -2.37. The summed E-state index contributed by atoms with van der Waals surface area (Å²) >= 11 is 1.49. The molecule has 3 heterocycles. The fourth-order valence-corrected chi connectivity index (χ4v) is 3.18. The maximum absolute atomic E-state index is 11.9. The maximum atomic E-state index is 11.9. The van der Waals surface area contributed by atoms with Gasteiger partial charge >= 0.3 is 0 Å². The third kappa shape index (κ3) is 3.39. The topological polar surface area (TPSA) is 105 Å². The minimum Gasteiger partial charge on any atom is -0.357 e. The van der Waals surface area contributed by atoms with Gasteiger partial charge in [-0.15, -0.1) is 10.2 Å². The van der Waals surface area contributed by atoms with E-state index in [4.69, 9.17) is 0 Å². The Hall–Kier alpha value is -2.29. The average molecular weight is 333 g/mol. The predicted molar refractivity (Wildman–Crippen MR) is 90.2 cm³/mol. The van der Waals surface area contributed by atoms with Crippen LogP contribution >= 0.6 is 11.3 Å². The van der Waals surface area contributed by atoms with Gasteiger partial charge in [0, 0.05) is 6.42 Å². The Kier molecular flexibility index (Phi) is 4.12. The van der Waals surface area contributed by atoms with Gasteiger partial charge in [-0.3, -0.25) is 4.79 Å². The predicted octanol–water partition coefficient (Wildman–Crippen LogP) is 2.33. The first kappa shape index (κ1) is 15.6. The molecule has 8 nitrogen and oxygen atoms in total. The standard InChI is InChI=1S/C14H19N7OS/c1-6(2)5-9-20-21-14(23-9)19-12-10-11(16-8(4)17-12)15-7(3)13(22)18-10/h6-7H,5H2,1-4H3,(H,18,22)(H2,15,16,17,19,21). The van der Waals surface area contributed by atoms with Crippen LogP contribution in [0.15, 0.2) is 0 Å². The van der Waals surface area contributed by atoms with Crippen molar-refractivity contribution in [3.63, 3.8) is 0 Å². The van der Waals surface area contributed by atoms with Gasteiger partial charge in [0.05, 0.1) is 0 Å². The number of anilines is 4. The molecule has 0 aliphatic carbocycles. The van der Waals surface area contributed by atoms with Gasteiger partial charge < -0.3 is 16.0 Å². The monoisotopic (exact) mass is 333 g/mol. The van der Waals surface area contributed by atoms with Crippen molar-refractivity contribution in [2.45, 2.75) is 40.2 Å². The van der Waals surface area contributed by atoms with E-state index in [-0.39, 0.29) is 11.9 Å². The molecule has 1 atom stereocenters. The molecular formula is C14H19N7OS. The van der Waals surface area contributed by atoms with Crippen molar-refractivity contribution < 1.29 is 4.79 Å². The number of nitrogens with one attached hydrogen (secondary N) is 3. The first-order valence-electron chi connectivity index (χ1n) is 7.48. The lowest BCUT2D eigenvalue weighted by Gasteiger charge is -2.24. The first-order chi connectivity index (χ1) is 10.9. The van der Waals surface area contributed by atoms with Crippen molar-refractivity contribution in [3.8, 4) is 0 Å². The summed E-state index contributed by atoms with van der Waals surface area (Å²) in [5, 5.41) is 19.0. The van der Waals surface area contributed by atoms with Crippen LogP contribution in [-0.4, -0.2) is 32.1 Å². The van der Waals surface area contributed by atoms with Crippen LogP contribution in [0.1, 0.15) is 31.6 Å². The molecule has 0 spiro atoms. The number of fused-ring (bicyclic) bond motifs is 1. The minimum atomic E-state index is -0.330. The normalized spacial score (nSPS) is 16.7. The van der Waals surface area contributed by atoms with Gasteiger partial charge in [0.2, 0.25) is 11.0 Å². The summed E-state index contributed by atoms with van der Waals surface area (Å²) in [4.78, 5) is 20.6. The summed E-state index contributed by atoms with van der Waals surface area (Å²) in [6.45, 7) is 7.87. The number of carbonyl (C=O) groups excluding carboxylic acids is 1. The highest BCUT2D eigenvalue weighted by molar-refractivity contribution is 7.15. The molecule has 9 heteroatoms. The van der Waals surface area contributed by atoms with Crippen molar-refractivity contribution in [2.75, 3.05) is 16.0 Å². The number of hydrogen-bond donors (Lipinski definition) is 3. The Morgan fingerprint density at radius 2 is 2.09 bits per heavy atom. The van der Waals surface area contributed by atoms with E-state index in [9.17, 15) is 4.79 Å². The Morgan fingerprint density at radius 3 is 2.83 bits per heavy atom. The summed E-state index contributed by atoms with van der Waals surface area (Å²) in [5.41, 5.74) is 0.541. The average Bonchev–Trinajstić information content (AvgIpc) is 2.87. The van der Waals surface area contributed by atoms with E-state index < -0.39 is 0 Å². The molecule has 0 radical (unpaired) electrons. The number of rotatable bonds is 4. The van der Waals surface area contributed by atoms with Gasteiger partial charge in [-0.2, -0.15) is 0 Å². The molecule has 1 aliphatic heterocycles. The molecule has 23 heavy (non-hydrogen) atoms. The van der Waals surface area contributed by atoms with Crippen LogP contribution in [0, 0.1) is 12.8 Å². The fraction of sp³-hybridized carbons (Fsp3) is 0.500. The third-order valence-corrected chi connectivity index (χ3v) is 4.15. The van der Waals surface area contributed by atoms with Crippen molar-refractivity contribution in [2.24, 2.45) is 5.92 Å². The van der Waals surface area contributed by atoms with Crippen LogP contribution in [0.4, 0.5) is 22.5 Å². The lowest BCUT2D eigenvalue weighted by atomic mass is 10.1. The van der Waals surface area contributed by atoms with Crippen LogP contribution in [0.3, 0.4) is 0 Å². The second-order valence-electron chi connectivity index (χ2n) is 5.92. The molecule has 122 valence electrons. The van der Waals surface area contributed by atoms with Gasteiger partial charge in [-0.25, -0.2) is 9.97 Å². The maximum Gasteiger partial charge on any atom is 0.246 e. The van der Waals surface area contributed by atoms with E-state index in [1.807, 2.05) is 0 Å². The molecule has 0 fully saturated rings.